The number of halogens is 1. The van der Waals surface area contributed by atoms with E-state index in [1.807, 2.05) is 19.1 Å². The Bertz CT molecular complexity index is 1170. The predicted molar refractivity (Wildman–Crippen MR) is 144 cm³/mol. The van der Waals surface area contributed by atoms with Crippen LogP contribution >= 0.6 is 11.3 Å². The number of hydrogen-bond acceptors (Lipinski definition) is 5. The average molecular weight is 524 g/mol. The van der Waals surface area contributed by atoms with E-state index in [1.165, 1.54) is 17.0 Å². The molecule has 3 aromatic rings. The number of nitrogens with zero attached hydrogens (tertiary/aromatic N) is 3. The number of rotatable bonds is 11. The van der Waals surface area contributed by atoms with Gasteiger partial charge in [-0.3, -0.25) is 9.59 Å². The van der Waals surface area contributed by atoms with Gasteiger partial charge >= 0.3 is 0 Å². The Hall–Kier alpha value is -3.23. The SMILES string of the molecule is COc1ccc(C(=O)N(CCN2CCCC2)CC(=O)N(Cc2ccc(F)cc2)Cc2ccc(C)s2)cc1. The molecule has 1 fully saturated rings. The summed E-state index contributed by atoms with van der Waals surface area (Å²) in [6.07, 6.45) is 2.33. The minimum Gasteiger partial charge on any atom is -0.497 e. The fourth-order valence-corrected chi connectivity index (χ4v) is 5.41. The maximum atomic E-state index is 13.7. The van der Waals surface area contributed by atoms with Gasteiger partial charge in [0, 0.05) is 35.0 Å². The first kappa shape index (κ1) is 26.8. The highest BCUT2D eigenvalue weighted by Gasteiger charge is 2.24. The predicted octanol–water partition coefficient (Wildman–Crippen LogP) is 4.97. The van der Waals surface area contributed by atoms with Gasteiger partial charge in [-0.05, 0) is 86.9 Å². The van der Waals surface area contributed by atoms with Crippen molar-refractivity contribution in [3.63, 3.8) is 0 Å². The summed E-state index contributed by atoms with van der Waals surface area (Å²) in [5.74, 6) is 0.0456. The summed E-state index contributed by atoms with van der Waals surface area (Å²) in [5.41, 5.74) is 1.36. The van der Waals surface area contributed by atoms with Crippen molar-refractivity contribution in [1.82, 2.24) is 14.7 Å². The summed E-state index contributed by atoms with van der Waals surface area (Å²) in [6.45, 7) is 6.03. The Morgan fingerprint density at radius 2 is 1.65 bits per heavy atom. The summed E-state index contributed by atoms with van der Waals surface area (Å²) in [5, 5.41) is 0. The van der Waals surface area contributed by atoms with E-state index >= 15 is 0 Å². The Labute approximate surface area is 222 Å². The second-order valence-corrected chi connectivity index (χ2v) is 10.8. The fourth-order valence-electron chi connectivity index (χ4n) is 4.50. The highest BCUT2D eigenvalue weighted by molar-refractivity contribution is 7.11. The van der Waals surface area contributed by atoms with Crippen LogP contribution in [0.1, 0.15) is 38.5 Å². The molecule has 1 saturated heterocycles. The van der Waals surface area contributed by atoms with Crippen molar-refractivity contribution in [3.8, 4) is 5.75 Å². The molecule has 0 bridgehead atoms. The molecule has 4 rings (SSSR count). The van der Waals surface area contributed by atoms with E-state index in [0.29, 0.717) is 30.9 Å². The van der Waals surface area contributed by atoms with Crippen molar-refractivity contribution < 1.29 is 18.7 Å². The van der Waals surface area contributed by atoms with Crippen LogP contribution in [0.5, 0.6) is 5.75 Å². The third-order valence-electron chi connectivity index (χ3n) is 6.62. The number of amides is 2. The van der Waals surface area contributed by atoms with Gasteiger partial charge in [-0.15, -0.1) is 11.3 Å². The molecule has 0 radical (unpaired) electrons. The van der Waals surface area contributed by atoms with Gasteiger partial charge in [0.2, 0.25) is 5.91 Å². The van der Waals surface area contributed by atoms with Crippen LogP contribution < -0.4 is 4.74 Å². The molecule has 0 spiro atoms. The fraction of sp³-hybridized carbons (Fsp3) is 0.379. The Kier molecular flexibility index (Phi) is 9.30. The number of ether oxygens (including phenoxy) is 1. The number of carbonyl (C=O) groups excluding carboxylic acids is 2. The molecule has 8 heteroatoms. The zero-order valence-electron chi connectivity index (χ0n) is 21.5. The number of carbonyl (C=O) groups is 2. The molecule has 0 N–H and O–H groups in total. The molecular weight excluding hydrogens is 489 g/mol. The van der Waals surface area contributed by atoms with Gasteiger partial charge in [-0.1, -0.05) is 12.1 Å². The number of thiophene rings is 1. The minimum atomic E-state index is -0.311. The van der Waals surface area contributed by atoms with Crippen LogP contribution in [0.25, 0.3) is 0 Å². The lowest BCUT2D eigenvalue weighted by Gasteiger charge is -2.29. The number of aryl methyl sites for hydroxylation is 1. The maximum Gasteiger partial charge on any atom is 0.254 e. The minimum absolute atomic E-state index is 0.0236. The van der Waals surface area contributed by atoms with Crippen molar-refractivity contribution >= 4 is 23.2 Å². The summed E-state index contributed by atoms with van der Waals surface area (Å²) in [6, 6.07) is 17.3. The molecule has 2 amide bonds. The number of hydrogen-bond donors (Lipinski definition) is 0. The van der Waals surface area contributed by atoms with E-state index in [9.17, 15) is 14.0 Å². The highest BCUT2D eigenvalue weighted by atomic mass is 32.1. The molecule has 1 aliphatic rings. The Morgan fingerprint density at radius 1 is 0.946 bits per heavy atom. The summed E-state index contributed by atoms with van der Waals surface area (Å²) in [4.78, 5) is 35.2. The first-order valence-corrected chi connectivity index (χ1v) is 13.5. The lowest BCUT2D eigenvalue weighted by Crippen LogP contribution is -2.45. The molecule has 2 heterocycles. The van der Waals surface area contributed by atoms with Crippen molar-refractivity contribution in [2.75, 3.05) is 39.8 Å². The van der Waals surface area contributed by atoms with E-state index < -0.39 is 0 Å². The molecule has 37 heavy (non-hydrogen) atoms. The standard InChI is InChI=1S/C29H34FN3O3S/c1-22-5-14-27(37-22)20-33(19-23-6-10-25(30)11-7-23)28(34)21-32(18-17-31-15-3-4-16-31)29(35)24-8-12-26(36-2)13-9-24/h5-14H,3-4,15-21H2,1-2H3. The lowest BCUT2D eigenvalue weighted by atomic mass is 10.1. The van der Waals surface area contributed by atoms with Gasteiger partial charge in [0.05, 0.1) is 13.7 Å². The first-order chi connectivity index (χ1) is 17.9. The van der Waals surface area contributed by atoms with Gasteiger partial charge in [-0.25, -0.2) is 4.39 Å². The van der Waals surface area contributed by atoms with Crippen LogP contribution in [0.2, 0.25) is 0 Å². The molecule has 0 unspecified atom stereocenters. The topological polar surface area (TPSA) is 53.1 Å². The Balaban J connectivity index is 1.53. The molecule has 0 saturated carbocycles. The van der Waals surface area contributed by atoms with Crippen LogP contribution in [-0.2, 0) is 17.9 Å². The first-order valence-electron chi connectivity index (χ1n) is 12.6. The van der Waals surface area contributed by atoms with Gasteiger partial charge in [-0.2, -0.15) is 0 Å². The normalized spacial score (nSPS) is 13.5. The molecule has 196 valence electrons. The smallest absolute Gasteiger partial charge is 0.254 e. The van der Waals surface area contributed by atoms with E-state index in [2.05, 4.69) is 4.90 Å². The quantitative estimate of drug-likeness (QED) is 0.356. The van der Waals surface area contributed by atoms with E-state index in [0.717, 1.165) is 42.9 Å². The average Bonchev–Trinajstić information content (AvgIpc) is 3.58. The molecule has 1 aromatic heterocycles. The van der Waals surface area contributed by atoms with Gasteiger partial charge in [0.25, 0.3) is 5.91 Å². The molecule has 1 aliphatic heterocycles. The van der Waals surface area contributed by atoms with Crippen LogP contribution in [0.15, 0.2) is 60.7 Å². The number of methoxy groups -OCH3 is 1. The van der Waals surface area contributed by atoms with E-state index in [4.69, 9.17) is 4.74 Å². The van der Waals surface area contributed by atoms with E-state index in [-0.39, 0.29) is 24.2 Å². The number of likely N-dealkylation sites (tertiary alicyclic amines) is 1. The molecule has 0 aliphatic carbocycles. The Morgan fingerprint density at radius 3 is 2.27 bits per heavy atom. The summed E-state index contributed by atoms with van der Waals surface area (Å²) < 4.78 is 18.7. The third kappa shape index (κ3) is 7.63. The van der Waals surface area contributed by atoms with Crippen LogP contribution in [-0.4, -0.2) is 66.3 Å². The van der Waals surface area contributed by atoms with Crippen molar-refractivity contribution in [2.24, 2.45) is 0 Å². The van der Waals surface area contributed by atoms with Gasteiger partial charge < -0.3 is 19.4 Å². The lowest BCUT2D eigenvalue weighted by molar-refractivity contribution is -0.133. The monoisotopic (exact) mass is 523 g/mol. The van der Waals surface area contributed by atoms with Gasteiger partial charge in [0.15, 0.2) is 0 Å². The largest absolute Gasteiger partial charge is 0.497 e. The van der Waals surface area contributed by atoms with Gasteiger partial charge in [0.1, 0.15) is 18.1 Å². The molecule has 2 aromatic carbocycles. The zero-order valence-corrected chi connectivity index (χ0v) is 22.3. The van der Waals surface area contributed by atoms with Crippen molar-refractivity contribution in [1.29, 1.82) is 0 Å². The van der Waals surface area contributed by atoms with E-state index in [1.54, 1.807) is 64.6 Å². The molecule has 6 nitrogen and oxygen atoms in total. The highest BCUT2D eigenvalue weighted by Crippen LogP contribution is 2.20. The van der Waals surface area contributed by atoms with Crippen LogP contribution in [0, 0.1) is 12.7 Å². The van der Waals surface area contributed by atoms with Crippen LogP contribution in [0.3, 0.4) is 0 Å². The second kappa shape index (κ2) is 12.8. The summed E-state index contributed by atoms with van der Waals surface area (Å²) in [7, 11) is 1.59. The second-order valence-electron chi connectivity index (χ2n) is 9.39. The van der Waals surface area contributed by atoms with Crippen LogP contribution in [0.4, 0.5) is 4.39 Å². The summed E-state index contributed by atoms with van der Waals surface area (Å²) >= 11 is 1.65. The molecular formula is C29H34FN3O3S. The zero-order chi connectivity index (χ0) is 26.2. The number of benzene rings is 2. The molecule has 0 atom stereocenters. The van der Waals surface area contributed by atoms with Crippen molar-refractivity contribution in [3.05, 3.63) is 87.4 Å². The third-order valence-corrected chi connectivity index (χ3v) is 7.60. The van der Waals surface area contributed by atoms with Crippen molar-refractivity contribution in [2.45, 2.75) is 32.9 Å². The maximum absolute atomic E-state index is 13.7.